The van der Waals surface area contributed by atoms with Crippen LogP contribution in [0.2, 0.25) is 0 Å². The Hall–Kier alpha value is -0.920. The Morgan fingerprint density at radius 3 is 2.39 bits per heavy atom. The lowest BCUT2D eigenvalue weighted by Crippen LogP contribution is -2.56. The van der Waals surface area contributed by atoms with Crippen LogP contribution in [0.5, 0.6) is 0 Å². The van der Waals surface area contributed by atoms with E-state index in [-0.39, 0.29) is 41.9 Å². The summed E-state index contributed by atoms with van der Waals surface area (Å²) in [5, 5.41) is 1.24. The summed E-state index contributed by atoms with van der Waals surface area (Å²) in [5.41, 5.74) is 0. The average molecular weight is 343 g/mol. The van der Waals surface area contributed by atoms with E-state index in [0.717, 1.165) is 32.1 Å². The summed E-state index contributed by atoms with van der Waals surface area (Å²) in [4.78, 5) is 14.6. The van der Waals surface area contributed by atoms with Crippen molar-refractivity contribution in [1.82, 2.24) is 4.90 Å². The minimum absolute atomic E-state index is 0.00784. The quantitative estimate of drug-likeness (QED) is 0.748. The highest BCUT2D eigenvalue weighted by Gasteiger charge is 2.45. The molecule has 3 aliphatic rings. The first-order valence-electron chi connectivity index (χ1n) is 8.24. The molecule has 4 unspecified atom stereocenters. The number of carbonyl (C=O) groups excluding carboxylic acids is 1. The molecule has 0 aromatic heterocycles. The topological polar surface area (TPSA) is 72.9 Å². The van der Waals surface area contributed by atoms with Crippen LogP contribution in [-0.2, 0) is 24.1 Å². The fraction of sp³-hybridized carbons (Fsp3) is 0.812. The van der Waals surface area contributed by atoms with E-state index in [9.17, 15) is 13.2 Å². The zero-order valence-electron chi connectivity index (χ0n) is 13.7. The molecular weight excluding hydrogens is 318 g/mol. The van der Waals surface area contributed by atoms with Crippen molar-refractivity contribution in [2.75, 3.05) is 20.0 Å². The molecule has 6 nitrogen and oxygen atoms in total. The fourth-order valence-corrected chi connectivity index (χ4v) is 4.99. The normalized spacial score (nSPS) is 36.1. The lowest BCUT2D eigenvalue weighted by atomic mass is 9.88. The van der Waals surface area contributed by atoms with Crippen LogP contribution in [0.25, 0.3) is 0 Å². The molecule has 0 radical (unpaired) electrons. The minimum atomic E-state index is -3.20. The molecule has 0 spiro atoms. The SMILES string of the molecule is COC1CCC(N(C(=O)C2CC2)C2C=CS(=O)(=O)C2)C(OC)C1. The molecule has 1 heterocycles. The van der Waals surface area contributed by atoms with Crippen molar-refractivity contribution in [2.45, 2.75) is 56.4 Å². The highest BCUT2D eigenvalue weighted by atomic mass is 32.2. The molecule has 0 bridgehead atoms. The maximum absolute atomic E-state index is 12.8. The number of nitrogens with zero attached hydrogens (tertiary/aromatic N) is 1. The van der Waals surface area contributed by atoms with Gasteiger partial charge in [-0.05, 0) is 31.8 Å². The fourth-order valence-electron chi connectivity index (χ4n) is 3.71. The molecular formula is C16H25NO5S. The number of methoxy groups -OCH3 is 2. The molecule has 2 fully saturated rings. The summed E-state index contributed by atoms with van der Waals surface area (Å²) in [6, 6.07) is -0.447. The predicted octanol–water partition coefficient (Wildman–Crippen LogP) is 1.12. The van der Waals surface area contributed by atoms with E-state index in [1.54, 1.807) is 25.2 Å². The molecule has 1 amide bonds. The number of sulfone groups is 1. The first-order valence-corrected chi connectivity index (χ1v) is 9.95. The first-order chi connectivity index (χ1) is 10.9. The lowest BCUT2D eigenvalue weighted by molar-refractivity contribution is -0.143. The van der Waals surface area contributed by atoms with Gasteiger partial charge < -0.3 is 14.4 Å². The van der Waals surface area contributed by atoms with Crippen LogP contribution >= 0.6 is 0 Å². The van der Waals surface area contributed by atoms with Crippen molar-refractivity contribution in [1.29, 1.82) is 0 Å². The summed E-state index contributed by atoms with van der Waals surface area (Å²) < 4.78 is 34.7. The summed E-state index contributed by atoms with van der Waals surface area (Å²) in [7, 11) is 0.144. The van der Waals surface area contributed by atoms with Gasteiger partial charge in [0.25, 0.3) is 0 Å². The van der Waals surface area contributed by atoms with Crippen molar-refractivity contribution in [3.63, 3.8) is 0 Å². The molecule has 3 rings (SSSR count). The maximum Gasteiger partial charge on any atom is 0.226 e. The second-order valence-electron chi connectivity index (χ2n) is 6.76. The van der Waals surface area contributed by atoms with Crippen LogP contribution < -0.4 is 0 Å². The van der Waals surface area contributed by atoms with Crippen molar-refractivity contribution < 1.29 is 22.7 Å². The third-order valence-electron chi connectivity index (χ3n) is 5.15. The second kappa shape index (κ2) is 6.53. The van der Waals surface area contributed by atoms with Gasteiger partial charge in [-0.2, -0.15) is 0 Å². The molecule has 2 saturated carbocycles. The van der Waals surface area contributed by atoms with Crippen molar-refractivity contribution in [2.24, 2.45) is 5.92 Å². The molecule has 130 valence electrons. The molecule has 1 aliphatic heterocycles. The molecule has 0 N–H and O–H groups in total. The van der Waals surface area contributed by atoms with E-state index < -0.39 is 9.84 Å². The van der Waals surface area contributed by atoms with Crippen LogP contribution in [0.3, 0.4) is 0 Å². The number of hydrogen-bond acceptors (Lipinski definition) is 5. The number of carbonyl (C=O) groups is 1. The number of ether oxygens (including phenoxy) is 2. The predicted molar refractivity (Wildman–Crippen MR) is 85.5 cm³/mol. The van der Waals surface area contributed by atoms with Crippen molar-refractivity contribution in [3.8, 4) is 0 Å². The van der Waals surface area contributed by atoms with Crippen LogP contribution in [0.15, 0.2) is 11.5 Å². The molecule has 0 saturated heterocycles. The number of rotatable bonds is 5. The van der Waals surface area contributed by atoms with Gasteiger partial charge in [0.05, 0.1) is 30.0 Å². The van der Waals surface area contributed by atoms with E-state index in [1.165, 1.54) is 5.41 Å². The second-order valence-corrected chi connectivity index (χ2v) is 8.69. The van der Waals surface area contributed by atoms with Gasteiger partial charge in [0.15, 0.2) is 9.84 Å². The van der Waals surface area contributed by atoms with Crippen molar-refractivity contribution in [3.05, 3.63) is 11.5 Å². The van der Waals surface area contributed by atoms with Crippen molar-refractivity contribution >= 4 is 15.7 Å². The van der Waals surface area contributed by atoms with E-state index >= 15 is 0 Å². The Bertz CT molecular complexity index is 583. The van der Waals surface area contributed by atoms with Gasteiger partial charge >= 0.3 is 0 Å². The summed E-state index contributed by atoms with van der Waals surface area (Å²) in [6.45, 7) is 0. The zero-order valence-corrected chi connectivity index (χ0v) is 14.5. The maximum atomic E-state index is 12.8. The highest BCUT2D eigenvalue weighted by molar-refractivity contribution is 7.94. The van der Waals surface area contributed by atoms with E-state index in [2.05, 4.69) is 0 Å². The molecule has 2 aliphatic carbocycles. The third-order valence-corrected chi connectivity index (χ3v) is 6.53. The van der Waals surface area contributed by atoms with Gasteiger partial charge in [-0.25, -0.2) is 8.42 Å². The Labute approximate surface area is 137 Å². The Kier molecular flexibility index (Phi) is 4.80. The zero-order chi connectivity index (χ0) is 16.6. The molecule has 4 atom stereocenters. The third kappa shape index (κ3) is 3.61. The van der Waals surface area contributed by atoms with Crippen LogP contribution in [-0.4, -0.2) is 63.5 Å². The molecule has 0 aromatic carbocycles. The monoisotopic (exact) mass is 343 g/mol. The summed E-state index contributed by atoms with van der Waals surface area (Å²) in [5.74, 6) is 0.135. The van der Waals surface area contributed by atoms with Crippen LogP contribution in [0.4, 0.5) is 0 Å². The van der Waals surface area contributed by atoms with Gasteiger partial charge in [-0.1, -0.05) is 0 Å². The molecule has 0 aromatic rings. The Morgan fingerprint density at radius 1 is 1.13 bits per heavy atom. The summed E-state index contributed by atoms with van der Waals surface area (Å²) >= 11 is 0. The Morgan fingerprint density at radius 2 is 1.87 bits per heavy atom. The van der Waals surface area contributed by atoms with Crippen LogP contribution in [0.1, 0.15) is 32.1 Å². The van der Waals surface area contributed by atoms with Gasteiger partial charge in [0, 0.05) is 32.0 Å². The number of hydrogen-bond donors (Lipinski definition) is 0. The first kappa shape index (κ1) is 16.9. The smallest absolute Gasteiger partial charge is 0.226 e. The Balaban J connectivity index is 1.83. The lowest BCUT2D eigenvalue weighted by Gasteiger charge is -2.43. The molecule has 23 heavy (non-hydrogen) atoms. The highest BCUT2D eigenvalue weighted by Crippen LogP contribution is 2.37. The average Bonchev–Trinajstić information content (AvgIpc) is 3.32. The van der Waals surface area contributed by atoms with Gasteiger partial charge in [-0.15, -0.1) is 0 Å². The van der Waals surface area contributed by atoms with Gasteiger partial charge in [0.2, 0.25) is 5.91 Å². The van der Waals surface area contributed by atoms with Gasteiger partial charge in [-0.3, -0.25) is 4.79 Å². The largest absolute Gasteiger partial charge is 0.381 e. The van der Waals surface area contributed by atoms with E-state index in [4.69, 9.17) is 9.47 Å². The summed E-state index contributed by atoms with van der Waals surface area (Å²) in [6.07, 6.45) is 5.86. The van der Waals surface area contributed by atoms with Crippen LogP contribution in [0, 0.1) is 5.92 Å². The van der Waals surface area contributed by atoms with Gasteiger partial charge in [0.1, 0.15) is 0 Å². The van der Waals surface area contributed by atoms with E-state index in [1.807, 2.05) is 0 Å². The molecule has 7 heteroatoms. The standard InChI is InChI=1S/C16H25NO5S/c1-21-13-5-6-14(15(9-13)22-2)17(16(18)11-3-4-11)12-7-8-23(19,20)10-12/h7-8,11-15H,3-6,9-10H2,1-2H3. The van der Waals surface area contributed by atoms with E-state index in [0.29, 0.717) is 0 Å². The minimum Gasteiger partial charge on any atom is -0.381 e. The number of amides is 1.